The van der Waals surface area contributed by atoms with E-state index in [0.29, 0.717) is 12.5 Å². The number of ether oxygens (including phenoxy) is 1. The fourth-order valence-electron chi connectivity index (χ4n) is 2.20. The molecule has 2 rings (SSSR count). The van der Waals surface area contributed by atoms with Gasteiger partial charge in [-0.25, -0.2) is 4.39 Å². The van der Waals surface area contributed by atoms with Crippen LogP contribution in [0, 0.1) is 11.7 Å². The van der Waals surface area contributed by atoms with Crippen molar-refractivity contribution in [1.82, 2.24) is 0 Å². The monoisotopic (exact) mass is 270 g/mol. The Morgan fingerprint density at radius 2 is 2.44 bits per heavy atom. The molecule has 0 bridgehead atoms. The van der Waals surface area contributed by atoms with Crippen molar-refractivity contribution in [3.05, 3.63) is 24.0 Å². The highest BCUT2D eigenvalue weighted by Gasteiger charge is 2.24. The van der Waals surface area contributed by atoms with Crippen LogP contribution >= 0.6 is 11.8 Å². The first-order chi connectivity index (χ1) is 8.74. The molecule has 100 valence electrons. The zero-order valence-corrected chi connectivity index (χ0v) is 11.3. The molecule has 2 unspecified atom stereocenters. The van der Waals surface area contributed by atoms with Gasteiger partial charge in [-0.2, -0.15) is 11.8 Å². The van der Waals surface area contributed by atoms with Crippen LogP contribution in [-0.4, -0.2) is 31.2 Å². The van der Waals surface area contributed by atoms with Crippen LogP contribution < -0.4 is 15.8 Å². The quantitative estimate of drug-likeness (QED) is 0.862. The summed E-state index contributed by atoms with van der Waals surface area (Å²) in [6, 6.07) is 5.07. The summed E-state index contributed by atoms with van der Waals surface area (Å²) in [5.74, 6) is 2.86. The van der Waals surface area contributed by atoms with Gasteiger partial charge in [0, 0.05) is 24.3 Å². The van der Waals surface area contributed by atoms with Crippen LogP contribution in [0.2, 0.25) is 0 Å². The average molecular weight is 270 g/mol. The van der Waals surface area contributed by atoms with Gasteiger partial charge in [0.15, 0.2) is 11.6 Å². The molecule has 1 aromatic carbocycles. The van der Waals surface area contributed by atoms with E-state index in [0.717, 1.165) is 11.4 Å². The molecular weight excluding hydrogens is 251 g/mol. The molecule has 18 heavy (non-hydrogen) atoms. The number of halogens is 1. The Hall–Kier alpha value is -0.940. The maximum absolute atomic E-state index is 13.3. The highest BCUT2D eigenvalue weighted by atomic mass is 32.2. The van der Waals surface area contributed by atoms with Gasteiger partial charge in [-0.1, -0.05) is 0 Å². The van der Waals surface area contributed by atoms with E-state index in [9.17, 15) is 4.39 Å². The molecule has 0 aromatic heterocycles. The molecular formula is C13H19FN2OS. The van der Waals surface area contributed by atoms with Gasteiger partial charge >= 0.3 is 0 Å². The number of methoxy groups -OCH3 is 1. The molecule has 0 spiro atoms. The molecule has 1 heterocycles. The molecule has 0 saturated carbocycles. The second-order valence-electron chi connectivity index (χ2n) is 4.46. The Labute approximate surface area is 111 Å². The van der Waals surface area contributed by atoms with Crippen LogP contribution in [0.3, 0.4) is 0 Å². The van der Waals surface area contributed by atoms with Gasteiger partial charge < -0.3 is 15.8 Å². The minimum absolute atomic E-state index is 0.246. The van der Waals surface area contributed by atoms with Crippen LogP contribution in [0.5, 0.6) is 5.75 Å². The SMILES string of the molecule is COc1cc(NC(CN)C2CCSC2)ccc1F. The van der Waals surface area contributed by atoms with E-state index in [1.54, 1.807) is 12.1 Å². The first-order valence-electron chi connectivity index (χ1n) is 6.12. The van der Waals surface area contributed by atoms with E-state index >= 15 is 0 Å². The Balaban J connectivity index is 2.06. The Bertz CT molecular complexity index is 397. The molecule has 1 fully saturated rings. The average Bonchev–Trinajstić information content (AvgIpc) is 2.91. The molecule has 0 amide bonds. The Morgan fingerprint density at radius 3 is 3.06 bits per heavy atom. The molecule has 3 nitrogen and oxygen atoms in total. The standard InChI is InChI=1S/C13H19FN2OS/c1-17-13-6-10(2-3-11(13)14)16-12(7-15)9-4-5-18-8-9/h2-3,6,9,12,16H,4-5,7-8,15H2,1H3. The topological polar surface area (TPSA) is 47.3 Å². The van der Waals surface area contributed by atoms with Crippen LogP contribution in [0.4, 0.5) is 10.1 Å². The summed E-state index contributed by atoms with van der Waals surface area (Å²) in [6.45, 7) is 0.588. The summed E-state index contributed by atoms with van der Waals surface area (Å²) < 4.78 is 18.3. The number of nitrogens with two attached hydrogens (primary N) is 1. The van der Waals surface area contributed by atoms with E-state index < -0.39 is 0 Å². The molecule has 3 N–H and O–H groups in total. The van der Waals surface area contributed by atoms with Gasteiger partial charge in [0.1, 0.15) is 0 Å². The van der Waals surface area contributed by atoms with Crippen LogP contribution in [-0.2, 0) is 0 Å². The number of hydrogen-bond donors (Lipinski definition) is 2. The van der Waals surface area contributed by atoms with Gasteiger partial charge in [-0.15, -0.1) is 0 Å². The maximum Gasteiger partial charge on any atom is 0.165 e. The third kappa shape index (κ3) is 3.09. The summed E-state index contributed by atoms with van der Waals surface area (Å²) in [6.07, 6.45) is 1.19. The summed E-state index contributed by atoms with van der Waals surface area (Å²) in [5.41, 5.74) is 6.69. The fourth-order valence-corrected chi connectivity index (χ4v) is 3.54. The van der Waals surface area contributed by atoms with Crippen molar-refractivity contribution < 1.29 is 9.13 Å². The van der Waals surface area contributed by atoms with Crippen molar-refractivity contribution in [1.29, 1.82) is 0 Å². The van der Waals surface area contributed by atoms with Crippen molar-refractivity contribution >= 4 is 17.4 Å². The summed E-state index contributed by atoms with van der Waals surface area (Å²) in [7, 11) is 1.47. The lowest BCUT2D eigenvalue weighted by molar-refractivity contribution is 0.386. The van der Waals surface area contributed by atoms with Crippen molar-refractivity contribution in [2.45, 2.75) is 12.5 Å². The zero-order chi connectivity index (χ0) is 13.0. The molecule has 5 heteroatoms. The summed E-state index contributed by atoms with van der Waals surface area (Å²) in [5, 5.41) is 3.39. The van der Waals surface area contributed by atoms with Gasteiger partial charge in [0.05, 0.1) is 7.11 Å². The second kappa shape index (κ2) is 6.29. The molecule has 1 aliphatic rings. The fraction of sp³-hybridized carbons (Fsp3) is 0.538. The van der Waals surface area contributed by atoms with Gasteiger partial charge in [-0.3, -0.25) is 0 Å². The third-order valence-electron chi connectivity index (χ3n) is 3.29. The van der Waals surface area contributed by atoms with Crippen LogP contribution in [0.1, 0.15) is 6.42 Å². The Morgan fingerprint density at radius 1 is 1.61 bits per heavy atom. The van der Waals surface area contributed by atoms with Gasteiger partial charge in [0.25, 0.3) is 0 Å². The van der Waals surface area contributed by atoms with E-state index in [1.165, 1.54) is 25.3 Å². The van der Waals surface area contributed by atoms with Gasteiger partial charge in [0.2, 0.25) is 0 Å². The van der Waals surface area contributed by atoms with Gasteiger partial charge in [-0.05, 0) is 36.0 Å². The summed E-state index contributed by atoms with van der Waals surface area (Å²) >= 11 is 1.97. The number of nitrogens with one attached hydrogen (secondary N) is 1. The Kier molecular flexibility index (Phi) is 4.72. The second-order valence-corrected chi connectivity index (χ2v) is 5.61. The highest BCUT2D eigenvalue weighted by Crippen LogP contribution is 2.29. The predicted octanol–water partition coefficient (Wildman–Crippen LogP) is 2.33. The summed E-state index contributed by atoms with van der Waals surface area (Å²) in [4.78, 5) is 0. The lowest BCUT2D eigenvalue weighted by atomic mass is 9.99. The lowest BCUT2D eigenvalue weighted by Gasteiger charge is -2.24. The van der Waals surface area contributed by atoms with Crippen molar-refractivity contribution in [2.24, 2.45) is 11.7 Å². The minimum atomic E-state index is -0.344. The molecule has 1 aliphatic heterocycles. The van der Waals surface area contributed by atoms with Crippen molar-refractivity contribution in [3.8, 4) is 5.75 Å². The molecule has 2 atom stereocenters. The number of benzene rings is 1. The molecule has 1 aromatic rings. The first-order valence-corrected chi connectivity index (χ1v) is 7.28. The van der Waals surface area contributed by atoms with Crippen molar-refractivity contribution in [3.63, 3.8) is 0 Å². The molecule has 1 saturated heterocycles. The largest absolute Gasteiger partial charge is 0.494 e. The van der Waals surface area contributed by atoms with E-state index in [1.807, 2.05) is 11.8 Å². The van der Waals surface area contributed by atoms with Crippen LogP contribution in [0.25, 0.3) is 0 Å². The molecule has 0 radical (unpaired) electrons. The number of thioether (sulfide) groups is 1. The zero-order valence-electron chi connectivity index (χ0n) is 10.5. The number of rotatable bonds is 5. The normalized spacial score (nSPS) is 20.7. The highest BCUT2D eigenvalue weighted by molar-refractivity contribution is 7.99. The lowest BCUT2D eigenvalue weighted by Crippen LogP contribution is -2.36. The van der Waals surface area contributed by atoms with E-state index in [-0.39, 0.29) is 17.6 Å². The molecule has 0 aliphatic carbocycles. The number of hydrogen-bond acceptors (Lipinski definition) is 4. The predicted molar refractivity (Wildman–Crippen MR) is 74.8 cm³/mol. The first kappa shape index (κ1) is 13.5. The third-order valence-corrected chi connectivity index (χ3v) is 4.48. The van der Waals surface area contributed by atoms with Crippen molar-refractivity contribution in [2.75, 3.05) is 30.5 Å². The van der Waals surface area contributed by atoms with E-state index in [2.05, 4.69) is 5.32 Å². The maximum atomic E-state index is 13.3. The van der Waals surface area contributed by atoms with Crippen LogP contribution in [0.15, 0.2) is 18.2 Å². The smallest absolute Gasteiger partial charge is 0.165 e. The van der Waals surface area contributed by atoms with E-state index in [4.69, 9.17) is 10.5 Å². The number of anilines is 1. The minimum Gasteiger partial charge on any atom is -0.494 e.